The fourth-order valence-electron chi connectivity index (χ4n) is 2.74. The Hall–Kier alpha value is -3.15. The molecule has 4 aromatic rings. The highest BCUT2D eigenvalue weighted by atomic mass is 19.2. The summed E-state index contributed by atoms with van der Waals surface area (Å²) in [5.74, 6) is -1.74. The highest BCUT2D eigenvalue weighted by Gasteiger charge is 2.10. The molecule has 25 heavy (non-hydrogen) atoms. The molecule has 3 aromatic heterocycles. The van der Waals surface area contributed by atoms with Crippen molar-refractivity contribution < 1.29 is 8.78 Å². The van der Waals surface area contributed by atoms with Crippen LogP contribution in [0, 0.1) is 18.6 Å². The van der Waals surface area contributed by atoms with E-state index in [-0.39, 0.29) is 0 Å². The van der Waals surface area contributed by atoms with Crippen LogP contribution in [-0.2, 0) is 6.54 Å². The van der Waals surface area contributed by atoms with Gasteiger partial charge in [-0.25, -0.2) is 8.78 Å². The molecule has 0 atom stereocenters. The molecular weight excluding hydrogens is 322 g/mol. The molecule has 6 heteroatoms. The summed E-state index contributed by atoms with van der Waals surface area (Å²) in [5.41, 5.74) is 5.03. The van der Waals surface area contributed by atoms with E-state index in [0.717, 1.165) is 28.2 Å². The van der Waals surface area contributed by atoms with Gasteiger partial charge < -0.3 is 0 Å². The molecule has 0 fully saturated rings. The predicted molar refractivity (Wildman–Crippen MR) is 91.0 cm³/mol. The Bertz CT molecular complexity index is 1070. The van der Waals surface area contributed by atoms with Crippen LogP contribution in [0.3, 0.4) is 0 Å². The fourth-order valence-corrected chi connectivity index (χ4v) is 2.74. The van der Waals surface area contributed by atoms with Gasteiger partial charge in [0.05, 0.1) is 18.3 Å². The topological polar surface area (TPSA) is 43.6 Å². The molecule has 0 N–H and O–H groups in total. The zero-order chi connectivity index (χ0) is 17.4. The van der Waals surface area contributed by atoms with Crippen molar-refractivity contribution in [3.05, 3.63) is 77.9 Å². The number of halogens is 2. The van der Waals surface area contributed by atoms with Crippen molar-refractivity contribution >= 4 is 11.0 Å². The number of hydrogen-bond donors (Lipinski definition) is 0. The Morgan fingerprint density at radius 1 is 0.960 bits per heavy atom. The van der Waals surface area contributed by atoms with Gasteiger partial charge in [-0.1, -0.05) is 6.07 Å². The first-order valence-corrected chi connectivity index (χ1v) is 7.78. The van der Waals surface area contributed by atoms with Crippen LogP contribution in [0.5, 0.6) is 0 Å². The van der Waals surface area contributed by atoms with Crippen LogP contribution in [0.15, 0.2) is 55.1 Å². The number of fused-ring (bicyclic) bond motifs is 1. The lowest BCUT2D eigenvalue weighted by Crippen LogP contribution is -2.03. The summed E-state index contributed by atoms with van der Waals surface area (Å²) in [4.78, 5) is 8.53. The van der Waals surface area contributed by atoms with Gasteiger partial charge in [-0.15, -0.1) is 0 Å². The van der Waals surface area contributed by atoms with Gasteiger partial charge >= 0.3 is 0 Å². The Balaban J connectivity index is 1.77. The summed E-state index contributed by atoms with van der Waals surface area (Å²) < 4.78 is 28.5. The normalized spacial score (nSPS) is 11.2. The maximum Gasteiger partial charge on any atom is 0.159 e. The van der Waals surface area contributed by atoms with Gasteiger partial charge in [-0.2, -0.15) is 5.10 Å². The van der Waals surface area contributed by atoms with E-state index in [1.54, 1.807) is 18.6 Å². The van der Waals surface area contributed by atoms with Gasteiger partial charge in [0.2, 0.25) is 0 Å². The van der Waals surface area contributed by atoms with Gasteiger partial charge in [0.1, 0.15) is 5.52 Å². The fraction of sp³-hybridized carbons (Fsp3) is 0.105. The first-order chi connectivity index (χ1) is 12.1. The van der Waals surface area contributed by atoms with Crippen LogP contribution < -0.4 is 0 Å². The average molecular weight is 336 g/mol. The zero-order valence-electron chi connectivity index (χ0n) is 13.4. The van der Waals surface area contributed by atoms with E-state index in [9.17, 15) is 8.78 Å². The van der Waals surface area contributed by atoms with E-state index in [1.165, 1.54) is 12.1 Å². The lowest BCUT2D eigenvalue weighted by Gasteiger charge is -2.07. The Kier molecular flexibility index (Phi) is 3.72. The summed E-state index contributed by atoms with van der Waals surface area (Å²) in [6.07, 6.45) is 6.89. The van der Waals surface area contributed by atoms with Crippen LogP contribution in [0.1, 0.15) is 11.1 Å². The van der Waals surface area contributed by atoms with Crippen molar-refractivity contribution in [2.75, 3.05) is 0 Å². The van der Waals surface area contributed by atoms with Crippen LogP contribution in [0.4, 0.5) is 8.78 Å². The molecule has 0 unspecified atom stereocenters. The number of pyridine rings is 2. The first-order valence-electron chi connectivity index (χ1n) is 7.78. The number of rotatable bonds is 3. The van der Waals surface area contributed by atoms with E-state index in [0.29, 0.717) is 17.7 Å². The largest absolute Gasteiger partial charge is 0.264 e. The molecule has 4 nitrogen and oxygen atoms in total. The predicted octanol–water partition coefficient (Wildman–Crippen LogP) is 4.13. The Morgan fingerprint density at radius 3 is 2.64 bits per heavy atom. The minimum atomic E-state index is -0.878. The summed E-state index contributed by atoms with van der Waals surface area (Å²) in [5, 5.41) is 4.39. The summed E-state index contributed by atoms with van der Waals surface area (Å²) in [6.45, 7) is 2.58. The smallest absolute Gasteiger partial charge is 0.159 e. The molecule has 0 bridgehead atoms. The number of aryl methyl sites for hydroxylation is 1. The number of hydrogen-bond acceptors (Lipinski definition) is 3. The van der Waals surface area contributed by atoms with E-state index < -0.39 is 11.6 Å². The van der Waals surface area contributed by atoms with Gasteiger partial charge in [0.25, 0.3) is 0 Å². The molecule has 0 spiro atoms. The minimum absolute atomic E-state index is 0.562. The zero-order valence-corrected chi connectivity index (χ0v) is 13.4. The van der Waals surface area contributed by atoms with Crippen LogP contribution in [0.25, 0.3) is 22.2 Å². The molecule has 0 saturated carbocycles. The monoisotopic (exact) mass is 336 g/mol. The molecule has 0 amide bonds. The first kappa shape index (κ1) is 15.4. The third kappa shape index (κ3) is 2.87. The van der Waals surface area contributed by atoms with Crippen molar-refractivity contribution in [3.63, 3.8) is 0 Å². The van der Waals surface area contributed by atoms with Crippen molar-refractivity contribution in [1.82, 2.24) is 19.7 Å². The lowest BCUT2D eigenvalue weighted by molar-refractivity contribution is 0.509. The second kappa shape index (κ2) is 6.05. The molecule has 0 saturated heterocycles. The molecule has 0 aliphatic rings. The van der Waals surface area contributed by atoms with Crippen molar-refractivity contribution in [2.24, 2.45) is 0 Å². The third-order valence-corrected chi connectivity index (χ3v) is 4.22. The SMILES string of the molecule is Cc1ccncc1Cn1ncc2ncc(-c3ccc(F)c(F)c3)cc21. The van der Waals surface area contributed by atoms with Gasteiger partial charge in [0.15, 0.2) is 11.6 Å². The molecular formula is C19H14F2N4. The third-order valence-electron chi connectivity index (χ3n) is 4.22. The second-order valence-corrected chi connectivity index (χ2v) is 5.86. The summed E-state index contributed by atoms with van der Waals surface area (Å²) in [7, 11) is 0. The van der Waals surface area contributed by atoms with Gasteiger partial charge in [0, 0.05) is 24.2 Å². The van der Waals surface area contributed by atoms with Crippen molar-refractivity contribution in [3.8, 4) is 11.1 Å². The second-order valence-electron chi connectivity index (χ2n) is 5.86. The summed E-state index contributed by atoms with van der Waals surface area (Å²) in [6, 6.07) is 7.66. The van der Waals surface area contributed by atoms with Crippen LogP contribution >= 0.6 is 0 Å². The van der Waals surface area contributed by atoms with Gasteiger partial charge in [-0.05, 0) is 47.9 Å². The Morgan fingerprint density at radius 2 is 1.84 bits per heavy atom. The molecule has 124 valence electrons. The van der Waals surface area contributed by atoms with Crippen LogP contribution in [0.2, 0.25) is 0 Å². The van der Waals surface area contributed by atoms with Crippen molar-refractivity contribution in [1.29, 1.82) is 0 Å². The number of benzene rings is 1. The highest BCUT2D eigenvalue weighted by Crippen LogP contribution is 2.24. The molecule has 0 radical (unpaired) electrons. The average Bonchev–Trinajstić information content (AvgIpc) is 3.01. The van der Waals surface area contributed by atoms with E-state index in [1.807, 2.05) is 29.9 Å². The highest BCUT2D eigenvalue weighted by molar-refractivity contribution is 5.80. The molecule has 4 rings (SSSR count). The van der Waals surface area contributed by atoms with E-state index >= 15 is 0 Å². The number of nitrogens with zero attached hydrogens (tertiary/aromatic N) is 4. The van der Waals surface area contributed by atoms with Crippen molar-refractivity contribution in [2.45, 2.75) is 13.5 Å². The maximum absolute atomic E-state index is 13.5. The molecule has 0 aliphatic heterocycles. The van der Waals surface area contributed by atoms with Gasteiger partial charge in [-0.3, -0.25) is 14.6 Å². The molecule has 1 aromatic carbocycles. The Labute approximate surface area is 142 Å². The number of aromatic nitrogens is 4. The summed E-state index contributed by atoms with van der Waals surface area (Å²) >= 11 is 0. The standard InChI is InChI=1S/C19H14F2N4/c1-12-4-5-22-8-15(12)11-25-19-7-14(9-23-18(19)10-24-25)13-2-3-16(20)17(21)6-13/h2-10H,11H2,1H3. The lowest BCUT2D eigenvalue weighted by atomic mass is 10.1. The van der Waals surface area contributed by atoms with E-state index in [4.69, 9.17) is 0 Å². The molecule has 0 aliphatic carbocycles. The quantitative estimate of drug-likeness (QED) is 0.565. The van der Waals surface area contributed by atoms with E-state index in [2.05, 4.69) is 15.1 Å². The minimum Gasteiger partial charge on any atom is -0.264 e. The van der Waals surface area contributed by atoms with Crippen LogP contribution in [-0.4, -0.2) is 19.7 Å². The molecule has 3 heterocycles. The maximum atomic E-state index is 13.5.